The summed E-state index contributed by atoms with van der Waals surface area (Å²) in [6.07, 6.45) is 3.46. The number of likely N-dealkylation sites (tertiary alicyclic amines) is 1. The number of ether oxygens (including phenoxy) is 1. The number of benzene rings is 1. The van der Waals surface area contributed by atoms with E-state index in [1.165, 1.54) is 9.80 Å². The molecule has 0 radical (unpaired) electrons. The van der Waals surface area contributed by atoms with Crippen LogP contribution in [0.2, 0.25) is 0 Å². The van der Waals surface area contributed by atoms with Crippen LogP contribution in [-0.4, -0.2) is 64.3 Å². The number of para-hydroxylation sites is 1. The first-order chi connectivity index (χ1) is 15.5. The van der Waals surface area contributed by atoms with E-state index in [-0.39, 0.29) is 54.6 Å². The van der Waals surface area contributed by atoms with Gasteiger partial charge in [0.1, 0.15) is 5.82 Å². The Labute approximate surface area is 185 Å². The van der Waals surface area contributed by atoms with Gasteiger partial charge in [-0.1, -0.05) is 25.0 Å². The maximum absolute atomic E-state index is 13.0. The van der Waals surface area contributed by atoms with Crippen molar-refractivity contribution in [2.75, 3.05) is 26.8 Å². The predicted molar refractivity (Wildman–Crippen MR) is 116 cm³/mol. The zero-order valence-corrected chi connectivity index (χ0v) is 18.2. The Balaban J connectivity index is 1.45. The third kappa shape index (κ3) is 4.43. The minimum atomic E-state index is -0.263. The fraction of sp³-hybridized carbons (Fsp3) is 0.522. The summed E-state index contributed by atoms with van der Waals surface area (Å²) in [4.78, 5) is 60.7. The zero-order valence-electron chi connectivity index (χ0n) is 18.2. The highest BCUT2D eigenvalue weighted by atomic mass is 16.5. The number of aromatic nitrogens is 2. The highest BCUT2D eigenvalue weighted by Crippen LogP contribution is 2.38. The summed E-state index contributed by atoms with van der Waals surface area (Å²) in [5.74, 6) is -0.579. The SMILES string of the molecule is COCCN(Cc1nc2ccccc2c(=O)[nH]1)C(=O)CCN1C(=O)C2CCCCC2C1=O. The molecule has 170 valence electrons. The lowest BCUT2D eigenvalue weighted by atomic mass is 9.81. The summed E-state index contributed by atoms with van der Waals surface area (Å²) in [7, 11) is 1.54. The first kappa shape index (κ1) is 22.1. The summed E-state index contributed by atoms with van der Waals surface area (Å²) in [6, 6.07) is 7.01. The molecule has 2 atom stereocenters. The van der Waals surface area contributed by atoms with Crippen molar-refractivity contribution in [2.45, 2.75) is 38.6 Å². The average molecular weight is 441 g/mol. The van der Waals surface area contributed by atoms with Crippen LogP contribution in [-0.2, 0) is 25.7 Å². The Hall–Kier alpha value is -3.07. The van der Waals surface area contributed by atoms with Crippen molar-refractivity contribution < 1.29 is 19.1 Å². The quantitative estimate of drug-likeness (QED) is 0.622. The van der Waals surface area contributed by atoms with Gasteiger partial charge in [0, 0.05) is 26.6 Å². The molecule has 2 aromatic rings. The standard InChI is InChI=1S/C23H28N4O5/c1-32-13-12-26(14-19-24-18-9-5-4-8-17(18)21(29)25-19)20(28)10-11-27-22(30)15-6-2-3-7-16(15)23(27)31/h4-5,8-9,15-16H,2-3,6-7,10-14H2,1H3,(H,24,25,29). The fourth-order valence-electron chi connectivity index (χ4n) is 4.70. The fourth-order valence-corrected chi connectivity index (χ4v) is 4.70. The van der Waals surface area contributed by atoms with Crippen molar-refractivity contribution in [1.29, 1.82) is 0 Å². The summed E-state index contributed by atoms with van der Waals surface area (Å²) >= 11 is 0. The number of hydrogen-bond acceptors (Lipinski definition) is 6. The van der Waals surface area contributed by atoms with E-state index in [1.807, 2.05) is 0 Å². The third-order valence-corrected chi connectivity index (χ3v) is 6.40. The van der Waals surface area contributed by atoms with Gasteiger partial charge >= 0.3 is 0 Å². The Morgan fingerprint density at radius 3 is 2.53 bits per heavy atom. The van der Waals surface area contributed by atoms with E-state index in [0.29, 0.717) is 29.9 Å². The molecule has 1 saturated carbocycles. The van der Waals surface area contributed by atoms with Gasteiger partial charge in [0.25, 0.3) is 5.56 Å². The number of carbonyl (C=O) groups excluding carboxylic acids is 3. The molecule has 1 aromatic heterocycles. The van der Waals surface area contributed by atoms with Crippen LogP contribution in [0.4, 0.5) is 0 Å². The number of rotatable bonds is 8. The van der Waals surface area contributed by atoms with Crippen molar-refractivity contribution in [1.82, 2.24) is 19.8 Å². The number of carbonyl (C=O) groups is 3. The lowest BCUT2D eigenvalue weighted by Gasteiger charge is -2.23. The summed E-state index contributed by atoms with van der Waals surface area (Å²) in [6.45, 7) is 0.804. The van der Waals surface area contributed by atoms with Crippen LogP contribution in [0, 0.1) is 11.8 Å². The molecule has 9 heteroatoms. The summed E-state index contributed by atoms with van der Waals surface area (Å²) in [5.41, 5.74) is 0.293. The average Bonchev–Trinajstić information content (AvgIpc) is 3.05. The molecule has 1 N–H and O–H groups in total. The van der Waals surface area contributed by atoms with Crippen LogP contribution in [0.1, 0.15) is 37.9 Å². The highest BCUT2D eigenvalue weighted by molar-refractivity contribution is 6.05. The van der Waals surface area contributed by atoms with E-state index in [4.69, 9.17) is 4.74 Å². The van der Waals surface area contributed by atoms with Crippen molar-refractivity contribution in [3.63, 3.8) is 0 Å². The van der Waals surface area contributed by atoms with Crippen molar-refractivity contribution in [3.05, 3.63) is 40.4 Å². The second kappa shape index (κ2) is 9.60. The van der Waals surface area contributed by atoms with Gasteiger partial charge < -0.3 is 14.6 Å². The smallest absolute Gasteiger partial charge is 0.258 e. The second-order valence-corrected chi connectivity index (χ2v) is 8.41. The predicted octanol–water partition coefficient (Wildman–Crippen LogP) is 1.46. The van der Waals surface area contributed by atoms with Crippen LogP contribution in [0.5, 0.6) is 0 Å². The molecule has 1 aliphatic carbocycles. The number of aromatic amines is 1. The van der Waals surface area contributed by atoms with Crippen LogP contribution in [0.15, 0.2) is 29.1 Å². The van der Waals surface area contributed by atoms with Crippen LogP contribution >= 0.6 is 0 Å². The maximum Gasteiger partial charge on any atom is 0.258 e. The molecule has 0 spiro atoms. The molecule has 2 heterocycles. The number of nitrogens with zero attached hydrogens (tertiary/aromatic N) is 3. The number of nitrogens with one attached hydrogen (secondary N) is 1. The van der Waals surface area contributed by atoms with Gasteiger partial charge in [-0.05, 0) is 25.0 Å². The van der Waals surface area contributed by atoms with Crippen molar-refractivity contribution >= 4 is 28.6 Å². The topological polar surface area (TPSA) is 113 Å². The van der Waals surface area contributed by atoms with Crippen LogP contribution in [0.25, 0.3) is 10.9 Å². The Kier molecular flexibility index (Phi) is 6.64. The minimum Gasteiger partial charge on any atom is -0.383 e. The van der Waals surface area contributed by atoms with E-state index in [1.54, 1.807) is 31.4 Å². The van der Waals surface area contributed by atoms with Crippen molar-refractivity contribution in [2.24, 2.45) is 11.8 Å². The molecule has 0 bridgehead atoms. The van der Waals surface area contributed by atoms with Gasteiger partial charge in [-0.15, -0.1) is 0 Å². The number of H-pyrrole nitrogens is 1. The molecule has 2 fully saturated rings. The molecule has 4 rings (SSSR count). The van der Waals surface area contributed by atoms with Crippen LogP contribution in [0.3, 0.4) is 0 Å². The monoisotopic (exact) mass is 440 g/mol. The number of imide groups is 1. The molecule has 1 aromatic carbocycles. The van der Waals surface area contributed by atoms with E-state index >= 15 is 0 Å². The van der Waals surface area contributed by atoms with Gasteiger partial charge in [-0.3, -0.25) is 24.1 Å². The normalized spacial score (nSPS) is 20.6. The molecular weight excluding hydrogens is 412 g/mol. The molecule has 9 nitrogen and oxygen atoms in total. The molecule has 2 unspecified atom stereocenters. The number of amides is 3. The lowest BCUT2D eigenvalue weighted by molar-refractivity contribution is -0.141. The van der Waals surface area contributed by atoms with Gasteiger partial charge in [-0.2, -0.15) is 0 Å². The van der Waals surface area contributed by atoms with Gasteiger partial charge in [-0.25, -0.2) is 4.98 Å². The molecule has 1 aliphatic heterocycles. The largest absolute Gasteiger partial charge is 0.383 e. The third-order valence-electron chi connectivity index (χ3n) is 6.40. The van der Waals surface area contributed by atoms with Gasteiger partial charge in [0.15, 0.2) is 0 Å². The van der Waals surface area contributed by atoms with E-state index in [2.05, 4.69) is 9.97 Å². The molecule has 2 aliphatic rings. The van der Waals surface area contributed by atoms with E-state index in [0.717, 1.165) is 25.7 Å². The molecular formula is C23H28N4O5. The van der Waals surface area contributed by atoms with Gasteiger partial charge in [0.05, 0.1) is 35.9 Å². The van der Waals surface area contributed by atoms with E-state index < -0.39 is 0 Å². The van der Waals surface area contributed by atoms with Crippen LogP contribution < -0.4 is 5.56 Å². The molecule has 32 heavy (non-hydrogen) atoms. The van der Waals surface area contributed by atoms with Gasteiger partial charge in [0.2, 0.25) is 17.7 Å². The Morgan fingerprint density at radius 2 is 1.84 bits per heavy atom. The van der Waals surface area contributed by atoms with E-state index in [9.17, 15) is 19.2 Å². The second-order valence-electron chi connectivity index (χ2n) is 8.41. The highest BCUT2D eigenvalue weighted by Gasteiger charge is 2.47. The minimum absolute atomic E-state index is 0.0262. The first-order valence-electron chi connectivity index (χ1n) is 11.1. The zero-order chi connectivity index (χ0) is 22.7. The number of fused-ring (bicyclic) bond motifs is 2. The van der Waals surface area contributed by atoms with Crippen molar-refractivity contribution in [3.8, 4) is 0 Å². The first-order valence-corrected chi connectivity index (χ1v) is 11.1. The Bertz CT molecular complexity index is 1060. The summed E-state index contributed by atoms with van der Waals surface area (Å²) in [5, 5.41) is 0.485. The lowest BCUT2D eigenvalue weighted by Crippen LogP contribution is -2.39. The maximum atomic E-state index is 13.0. The Morgan fingerprint density at radius 1 is 1.16 bits per heavy atom. The molecule has 1 saturated heterocycles. The number of methoxy groups -OCH3 is 1. The number of hydrogen-bond donors (Lipinski definition) is 1. The molecule has 3 amide bonds. The summed E-state index contributed by atoms with van der Waals surface area (Å²) < 4.78 is 5.13.